The molecule has 0 radical (unpaired) electrons. The van der Waals surface area contributed by atoms with Gasteiger partial charge in [-0.05, 0) is 37.1 Å². The van der Waals surface area contributed by atoms with Crippen LogP contribution in [-0.2, 0) is 16.9 Å². The van der Waals surface area contributed by atoms with E-state index < -0.39 is 5.54 Å². The Balaban J connectivity index is 1.75. The number of methoxy groups -OCH3 is 2. The normalized spacial score (nSPS) is 19.8. The number of nitrogens with zero attached hydrogens (tertiary/aromatic N) is 1. The van der Waals surface area contributed by atoms with Crippen molar-refractivity contribution in [1.82, 2.24) is 10.2 Å². The minimum Gasteiger partial charge on any atom is -0.493 e. The summed E-state index contributed by atoms with van der Waals surface area (Å²) in [5, 5.41) is 2.85. The number of benzene rings is 2. The van der Waals surface area contributed by atoms with Crippen LogP contribution in [0.1, 0.15) is 23.6 Å². The van der Waals surface area contributed by atoms with Crippen LogP contribution in [0.4, 0.5) is 4.79 Å². The molecule has 2 atom stereocenters. The quantitative estimate of drug-likeness (QED) is 0.693. The molecule has 3 rings (SSSR count). The number of carbonyl (C=O) groups excluding carboxylic acids is 2. The van der Waals surface area contributed by atoms with Crippen molar-refractivity contribution >= 4 is 11.9 Å². The fourth-order valence-corrected chi connectivity index (χ4v) is 3.67. The van der Waals surface area contributed by atoms with E-state index in [0.29, 0.717) is 18.0 Å². The van der Waals surface area contributed by atoms with Crippen LogP contribution < -0.4 is 19.7 Å². The summed E-state index contributed by atoms with van der Waals surface area (Å²) in [6, 6.07) is 12.8. The van der Waals surface area contributed by atoms with E-state index in [2.05, 4.69) is 5.32 Å². The molecule has 1 heterocycles. The number of hydrogen-bond acceptors (Lipinski definition) is 4. The molecule has 0 aliphatic carbocycles. The highest BCUT2D eigenvalue weighted by Crippen LogP contribution is 2.30. The molecule has 154 valence electrons. The molecule has 1 saturated heterocycles. The number of quaternary nitrogens is 1. The van der Waals surface area contributed by atoms with Crippen LogP contribution in [0, 0.1) is 6.92 Å². The molecule has 0 saturated carbocycles. The molecule has 2 N–H and O–H groups in total. The second-order valence-electron chi connectivity index (χ2n) is 7.58. The van der Waals surface area contributed by atoms with Crippen LogP contribution in [0.15, 0.2) is 42.5 Å². The van der Waals surface area contributed by atoms with Gasteiger partial charge in [0.25, 0.3) is 5.91 Å². The average molecular weight is 398 g/mol. The molecule has 2 aromatic rings. The van der Waals surface area contributed by atoms with Crippen molar-refractivity contribution in [3.05, 3.63) is 59.2 Å². The van der Waals surface area contributed by atoms with Gasteiger partial charge in [0.05, 0.1) is 21.3 Å². The van der Waals surface area contributed by atoms with Crippen molar-refractivity contribution < 1.29 is 24.0 Å². The van der Waals surface area contributed by atoms with E-state index >= 15 is 0 Å². The van der Waals surface area contributed by atoms with Gasteiger partial charge in [-0.2, -0.15) is 0 Å². The summed E-state index contributed by atoms with van der Waals surface area (Å²) in [5.74, 6) is 1.10. The molecule has 1 unspecified atom stereocenters. The van der Waals surface area contributed by atoms with Gasteiger partial charge in [-0.3, -0.25) is 4.79 Å². The number of urea groups is 1. The van der Waals surface area contributed by atoms with Crippen LogP contribution in [0.25, 0.3) is 0 Å². The highest BCUT2D eigenvalue weighted by Gasteiger charge is 2.49. The van der Waals surface area contributed by atoms with E-state index in [1.807, 2.05) is 56.4 Å². The van der Waals surface area contributed by atoms with Gasteiger partial charge >= 0.3 is 6.03 Å². The van der Waals surface area contributed by atoms with Gasteiger partial charge in [0, 0.05) is 5.56 Å². The third-order valence-electron chi connectivity index (χ3n) is 5.39. The largest absolute Gasteiger partial charge is 0.493 e. The molecule has 1 aliphatic rings. The number of nitrogens with one attached hydrogen (secondary N) is 2. The second kappa shape index (κ2) is 8.13. The van der Waals surface area contributed by atoms with Crippen molar-refractivity contribution in [2.45, 2.75) is 25.9 Å². The summed E-state index contributed by atoms with van der Waals surface area (Å²) in [5.41, 5.74) is 1.86. The predicted molar refractivity (Wildman–Crippen MR) is 109 cm³/mol. The maximum Gasteiger partial charge on any atom is 0.329 e. The molecule has 7 nitrogen and oxygen atoms in total. The summed E-state index contributed by atoms with van der Waals surface area (Å²) < 4.78 is 10.7. The van der Waals surface area contributed by atoms with Gasteiger partial charge in [0.2, 0.25) is 0 Å². The van der Waals surface area contributed by atoms with Crippen molar-refractivity contribution in [2.75, 3.05) is 27.9 Å². The average Bonchev–Trinajstić information content (AvgIpc) is 2.93. The number of hydrogen-bond donors (Lipinski definition) is 2. The first kappa shape index (κ1) is 20.7. The third-order valence-corrected chi connectivity index (χ3v) is 5.39. The van der Waals surface area contributed by atoms with Crippen molar-refractivity contribution in [2.24, 2.45) is 0 Å². The molecular weight excluding hydrogens is 370 g/mol. The first-order valence-corrected chi connectivity index (χ1v) is 9.52. The smallest absolute Gasteiger partial charge is 0.329 e. The van der Waals surface area contributed by atoms with E-state index in [-0.39, 0.29) is 18.6 Å². The highest BCUT2D eigenvalue weighted by atomic mass is 16.5. The molecular formula is C22H28N3O4+. The van der Waals surface area contributed by atoms with Gasteiger partial charge < -0.3 is 19.7 Å². The molecule has 0 bridgehead atoms. The van der Waals surface area contributed by atoms with Gasteiger partial charge in [-0.25, -0.2) is 9.69 Å². The minimum absolute atomic E-state index is 0.239. The van der Waals surface area contributed by atoms with Gasteiger partial charge in [-0.1, -0.05) is 30.3 Å². The molecule has 7 heteroatoms. The zero-order valence-corrected chi connectivity index (χ0v) is 17.5. The molecule has 1 aliphatic heterocycles. The Morgan fingerprint density at radius 1 is 1.07 bits per heavy atom. The van der Waals surface area contributed by atoms with E-state index in [1.165, 1.54) is 4.90 Å². The Kier molecular flexibility index (Phi) is 5.79. The van der Waals surface area contributed by atoms with Crippen LogP contribution in [0.3, 0.4) is 0 Å². The van der Waals surface area contributed by atoms with Crippen LogP contribution in [0.5, 0.6) is 11.5 Å². The van der Waals surface area contributed by atoms with Gasteiger partial charge in [0.1, 0.15) is 12.1 Å². The lowest BCUT2D eigenvalue weighted by Crippen LogP contribution is -3.09. The Labute approximate surface area is 171 Å². The number of aryl methyl sites for hydroxylation is 1. The number of rotatable bonds is 7. The Hall–Kier alpha value is -3.06. The topological polar surface area (TPSA) is 72.3 Å². The Morgan fingerprint density at radius 2 is 1.69 bits per heavy atom. The monoisotopic (exact) mass is 398 g/mol. The summed E-state index contributed by atoms with van der Waals surface area (Å²) in [6.45, 7) is 4.65. The first-order chi connectivity index (χ1) is 13.8. The van der Waals surface area contributed by atoms with Crippen LogP contribution in [0.2, 0.25) is 0 Å². The number of imide groups is 1. The maximum absolute atomic E-state index is 13.1. The lowest BCUT2D eigenvalue weighted by atomic mass is 9.92. The standard InChI is InChI=1S/C22H27N3O4/c1-15-11-18(28-4)19(29-5)12-16(15)13-24(3)14-25-20(26)22(2,23-21(25)27)17-9-7-6-8-10-17/h6-12H,13-14H2,1-5H3,(H,23,27)/p+1/t22-/m0/s1. The fraction of sp³-hybridized carbons (Fsp3) is 0.364. The SMILES string of the molecule is COc1cc(C)c(C[NH+](C)CN2C(=O)N[C@@](C)(c3ccccc3)C2=O)cc1OC. The molecule has 0 spiro atoms. The highest BCUT2D eigenvalue weighted by molar-refractivity contribution is 6.07. The summed E-state index contributed by atoms with van der Waals surface area (Å²) in [4.78, 5) is 27.9. The first-order valence-electron chi connectivity index (χ1n) is 9.52. The molecule has 2 aromatic carbocycles. The van der Waals surface area contributed by atoms with E-state index in [4.69, 9.17) is 9.47 Å². The predicted octanol–water partition coefficient (Wildman–Crippen LogP) is 1.45. The zero-order chi connectivity index (χ0) is 21.2. The number of amides is 3. The Morgan fingerprint density at radius 3 is 2.31 bits per heavy atom. The molecule has 0 aromatic heterocycles. The van der Waals surface area contributed by atoms with E-state index in [0.717, 1.165) is 21.6 Å². The molecule has 3 amide bonds. The molecule has 1 fully saturated rings. The zero-order valence-electron chi connectivity index (χ0n) is 17.5. The van der Waals surface area contributed by atoms with Crippen molar-refractivity contribution in [1.29, 1.82) is 0 Å². The van der Waals surface area contributed by atoms with Crippen molar-refractivity contribution in [3.63, 3.8) is 0 Å². The lowest BCUT2D eigenvalue weighted by molar-refractivity contribution is -0.901. The number of ether oxygens (including phenoxy) is 2. The van der Waals surface area contributed by atoms with E-state index in [9.17, 15) is 9.59 Å². The van der Waals surface area contributed by atoms with Crippen molar-refractivity contribution in [3.8, 4) is 11.5 Å². The summed E-state index contributed by atoms with van der Waals surface area (Å²) in [7, 11) is 5.16. The third kappa shape index (κ3) is 3.91. The molecule has 29 heavy (non-hydrogen) atoms. The van der Waals surface area contributed by atoms with Gasteiger partial charge in [0.15, 0.2) is 18.2 Å². The van der Waals surface area contributed by atoms with Crippen LogP contribution >= 0.6 is 0 Å². The Bertz CT molecular complexity index is 916. The minimum atomic E-state index is -1.04. The van der Waals surface area contributed by atoms with Gasteiger partial charge in [-0.15, -0.1) is 0 Å². The van der Waals surface area contributed by atoms with Crippen LogP contribution in [-0.4, -0.2) is 44.8 Å². The summed E-state index contributed by atoms with van der Waals surface area (Å²) in [6.07, 6.45) is 0. The second-order valence-corrected chi connectivity index (χ2v) is 7.58. The lowest BCUT2D eigenvalue weighted by Gasteiger charge is -2.23. The maximum atomic E-state index is 13.1. The fourth-order valence-electron chi connectivity index (χ4n) is 3.67. The number of carbonyl (C=O) groups is 2. The summed E-state index contributed by atoms with van der Waals surface area (Å²) >= 11 is 0. The van der Waals surface area contributed by atoms with E-state index in [1.54, 1.807) is 21.1 Å².